The number of piperidine rings is 1. The second-order valence-corrected chi connectivity index (χ2v) is 11.2. The third-order valence-corrected chi connectivity index (χ3v) is 9.21. The van der Waals surface area contributed by atoms with Crippen LogP contribution >= 0.6 is 0 Å². The summed E-state index contributed by atoms with van der Waals surface area (Å²) < 4.78 is 16.6. The van der Waals surface area contributed by atoms with E-state index in [4.69, 9.17) is 20.8 Å². The molecule has 3 fully saturated rings. The molecular formula is C29H29FN8. The highest BCUT2D eigenvalue weighted by Gasteiger charge is 2.66. The van der Waals surface area contributed by atoms with E-state index in [-0.39, 0.29) is 11.2 Å². The van der Waals surface area contributed by atoms with Gasteiger partial charge >= 0.3 is 0 Å². The number of aryl methyl sites for hydroxylation is 1. The standard InChI is InChI=1S/C29H29FN8/c1-37-13-18-23(36-37)9-8-17(25(18)16-6-7-16)26-27-28(35-34-26)33-24(12-32-27)38-11-10-19-21(14-38)29(19,15-31)20-4-2-3-5-22(20)30/h2-5,8-9,12-13,16,19,21H,6-7,10-11,14-15,31H2,1H3,(H,33,34,35)/t19-,21+,29-/m1/s1. The van der Waals surface area contributed by atoms with Crippen molar-refractivity contribution >= 4 is 27.9 Å². The highest BCUT2D eigenvalue weighted by molar-refractivity contribution is 5.95. The maximum atomic E-state index is 14.8. The summed E-state index contributed by atoms with van der Waals surface area (Å²) in [4.78, 5) is 12.1. The highest BCUT2D eigenvalue weighted by atomic mass is 19.1. The molecule has 0 amide bonds. The number of hydrogen-bond donors (Lipinski definition) is 2. The number of fused-ring (bicyclic) bond motifs is 3. The monoisotopic (exact) mass is 508 g/mol. The number of nitrogens with two attached hydrogens (primary N) is 1. The van der Waals surface area contributed by atoms with Gasteiger partial charge in [0.1, 0.15) is 22.8 Å². The predicted molar refractivity (Wildman–Crippen MR) is 144 cm³/mol. The molecule has 9 heteroatoms. The van der Waals surface area contributed by atoms with Crippen LogP contribution in [0.3, 0.4) is 0 Å². The van der Waals surface area contributed by atoms with Crippen LogP contribution in [0, 0.1) is 17.7 Å². The lowest BCUT2D eigenvalue weighted by Gasteiger charge is -2.26. The lowest BCUT2D eigenvalue weighted by molar-refractivity contribution is 0.533. The van der Waals surface area contributed by atoms with E-state index in [1.54, 1.807) is 12.1 Å². The van der Waals surface area contributed by atoms with Crippen LogP contribution in [0.5, 0.6) is 0 Å². The van der Waals surface area contributed by atoms with E-state index in [0.717, 1.165) is 53.2 Å². The van der Waals surface area contributed by atoms with Gasteiger partial charge in [-0.05, 0) is 60.3 Å². The fourth-order valence-corrected chi connectivity index (χ4v) is 7.22. The molecule has 2 aliphatic carbocycles. The van der Waals surface area contributed by atoms with Crippen molar-refractivity contribution in [2.75, 3.05) is 24.5 Å². The molecule has 0 unspecified atom stereocenters. The molecule has 5 aromatic rings. The van der Waals surface area contributed by atoms with Gasteiger partial charge in [-0.1, -0.05) is 24.3 Å². The molecule has 3 aromatic heterocycles. The summed E-state index contributed by atoms with van der Waals surface area (Å²) in [7, 11) is 1.96. The zero-order valence-electron chi connectivity index (χ0n) is 21.2. The molecule has 0 bridgehead atoms. The molecule has 3 N–H and O–H groups in total. The van der Waals surface area contributed by atoms with Crippen molar-refractivity contribution in [1.82, 2.24) is 29.9 Å². The predicted octanol–water partition coefficient (Wildman–Crippen LogP) is 4.28. The molecule has 0 spiro atoms. The molecule has 4 heterocycles. The number of benzene rings is 2. The second-order valence-electron chi connectivity index (χ2n) is 11.2. The molecule has 8 rings (SSSR count). The molecule has 2 saturated carbocycles. The van der Waals surface area contributed by atoms with Gasteiger partial charge in [-0.25, -0.2) is 14.4 Å². The van der Waals surface area contributed by atoms with Gasteiger partial charge in [-0.3, -0.25) is 9.78 Å². The van der Waals surface area contributed by atoms with E-state index in [1.807, 2.05) is 30.1 Å². The number of aromatic nitrogens is 6. The van der Waals surface area contributed by atoms with Gasteiger partial charge in [0, 0.05) is 49.2 Å². The maximum absolute atomic E-state index is 14.8. The fraction of sp³-hybridized carbons (Fsp3) is 0.379. The largest absolute Gasteiger partial charge is 0.355 e. The normalized spacial score (nSPS) is 24.8. The summed E-state index contributed by atoms with van der Waals surface area (Å²) in [6.07, 6.45) is 7.30. The van der Waals surface area contributed by atoms with Gasteiger partial charge in [0.05, 0.1) is 11.7 Å². The van der Waals surface area contributed by atoms with Gasteiger partial charge in [0.15, 0.2) is 5.65 Å². The molecular weight excluding hydrogens is 479 g/mol. The Balaban J connectivity index is 1.13. The van der Waals surface area contributed by atoms with E-state index in [2.05, 4.69) is 33.4 Å². The van der Waals surface area contributed by atoms with Crippen LogP contribution in [0.25, 0.3) is 33.3 Å². The van der Waals surface area contributed by atoms with Gasteiger partial charge in [-0.15, -0.1) is 0 Å². The first-order valence-corrected chi connectivity index (χ1v) is 13.5. The third kappa shape index (κ3) is 3.05. The molecule has 3 atom stereocenters. The van der Waals surface area contributed by atoms with E-state index < -0.39 is 0 Å². The Labute approximate surface area is 219 Å². The number of aromatic amines is 1. The van der Waals surface area contributed by atoms with Crippen molar-refractivity contribution in [3.8, 4) is 11.3 Å². The van der Waals surface area contributed by atoms with Crippen LogP contribution in [-0.2, 0) is 12.5 Å². The van der Waals surface area contributed by atoms with Gasteiger partial charge in [0.25, 0.3) is 0 Å². The van der Waals surface area contributed by atoms with Crippen LogP contribution in [0.2, 0.25) is 0 Å². The maximum Gasteiger partial charge on any atom is 0.177 e. The quantitative estimate of drug-likeness (QED) is 0.368. The SMILES string of the molecule is Cn1cc2c(C3CC3)c(-c3n[nH]c4nc(N5CC[C@@H]6[C@H](C5)[C@@]6(CN)c5ccccc5F)cnc34)ccc2n1. The number of H-pyrrole nitrogens is 1. The van der Waals surface area contributed by atoms with Crippen molar-refractivity contribution in [3.05, 3.63) is 65.7 Å². The Morgan fingerprint density at radius 3 is 2.82 bits per heavy atom. The molecule has 1 aliphatic heterocycles. The number of anilines is 1. The summed E-state index contributed by atoms with van der Waals surface area (Å²) >= 11 is 0. The van der Waals surface area contributed by atoms with Crippen LogP contribution in [0.4, 0.5) is 10.2 Å². The smallest absolute Gasteiger partial charge is 0.177 e. The number of nitrogens with zero attached hydrogens (tertiary/aromatic N) is 6. The van der Waals surface area contributed by atoms with Crippen LogP contribution in [0.15, 0.2) is 48.8 Å². The Hall–Kier alpha value is -3.85. The Bertz CT molecular complexity index is 1720. The minimum Gasteiger partial charge on any atom is -0.355 e. The Morgan fingerprint density at radius 1 is 1.13 bits per heavy atom. The van der Waals surface area contributed by atoms with Crippen molar-refractivity contribution in [2.24, 2.45) is 24.6 Å². The van der Waals surface area contributed by atoms with Crippen molar-refractivity contribution in [2.45, 2.75) is 30.6 Å². The first kappa shape index (κ1) is 22.2. The third-order valence-electron chi connectivity index (χ3n) is 9.21. The Morgan fingerprint density at radius 2 is 2.00 bits per heavy atom. The average molecular weight is 509 g/mol. The van der Waals surface area contributed by atoms with Gasteiger partial charge in [0.2, 0.25) is 0 Å². The zero-order chi connectivity index (χ0) is 25.6. The van der Waals surface area contributed by atoms with Gasteiger partial charge < -0.3 is 10.6 Å². The second kappa shape index (κ2) is 7.83. The number of halogens is 1. The van der Waals surface area contributed by atoms with E-state index in [9.17, 15) is 4.39 Å². The number of hydrogen-bond acceptors (Lipinski definition) is 6. The van der Waals surface area contributed by atoms with Crippen LogP contribution < -0.4 is 10.6 Å². The van der Waals surface area contributed by atoms with Crippen LogP contribution in [-0.4, -0.2) is 49.6 Å². The summed E-state index contributed by atoms with van der Waals surface area (Å²) in [5.41, 5.74) is 12.5. The summed E-state index contributed by atoms with van der Waals surface area (Å²) in [6.45, 7) is 2.10. The van der Waals surface area contributed by atoms with E-state index in [0.29, 0.717) is 29.9 Å². The fourth-order valence-electron chi connectivity index (χ4n) is 7.22. The number of nitrogens with one attached hydrogen (secondary N) is 1. The van der Waals surface area contributed by atoms with Crippen molar-refractivity contribution < 1.29 is 4.39 Å². The van der Waals surface area contributed by atoms with E-state index >= 15 is 0 Å². The average Bonchev–Trinajstić information content (AvgIpc) is 3.80. The van der Waals surface area contributed by atoms with Gasteiger partial charge in [-0.2, -0.15) is 10.2 Å². The summed E-state index contributed by atoms with van der Waals surface area (Å²) in [5.74, 6) is 1.91. The Kier molecular flexibility index (Phi) is 4.57. The topological polar surface area (TPSA) is 102 Å². The molecule has 38 heavy (non-hydrogen) atoms. The molecule has 0 radical (unpaired) electrons. The molecule has 192 valence electrons. The lowest BCUT2D eigenvalue weighted by atomic mass is 9.91. The van der Waals surface area contributed by atoms with E-state index in [1.165, 1.54) is 23.8 Å². The summed E-state index contributed by atoms with van der Waals surface area (Å²) in [6, 6.07) is 11.3. The zero-order valence-corrected chi connectivity index (χ0v) is 21.2. The van der Waals surface area contributed by atoms with Crippen LogP contribution in [0.1, 0.15) is 36.3 Å². The van der Waals surface area contributed by atoms with Crippen molar-refractivity contribution in [1.29, 1.82) is 0 Å². The molecule has 2 aromatic carbocycles. The van der Waals surface area contributed by atoms with Crippen molar-refractivity contribution in [3.63, 3.8) is 0 Å². The minimum atomic E-state index is -0.289. The lowest BCUT2D eigenvalue weighted by Crippen LogP contribution is -2.32. The molecule has 1 saturated heterocycles. The first-order valence-electron chi connectivity index (χ1n) is 13.5. The first-order chi connectivity index (χ1) is 18.6. The number of rotatable bonds is 5. The molecule has 3 aliphatic rings. The highest BCUT2D eigenvalue weighted by Crippen LogP contribution is 2.63. The molecule has 8 nitrogen and oxygen atoms in total. The summed E-state index contributed by atoms with van der Waals surface area (Å²) in [5, 5.41) is 13.6. The minimum absolute atomic E-state index is 0.153.